The van der Waals surface area contributed by atoms with Gasteiger partial charge >= 0.3 is 0 Å². The monoisotopic (exact) mass is 661 g/mol. The van der Waals surface area contributed by atoms with Crippen molar-refractivity contribution in [2.75, 3.05) is 24.1 Å². The van der Waals surface area contributed by atoms with Crippen LogP contribution in [0.5, 0.6) is 0 Å². The smallest absolute Gasteiger partial charge is 0.278 e. The molecule has 15 heteroatoms. The van der Waals surface area contributed by atoms with Crippen LogP contribution < -0.4 is 15.6 Å². The maximum Gasteiger partial charge on any atom is 0.278 e. The second kappa shape index (κ2) is 13.3. The van der Waals surface area contributed by atoms with Crippen molar-refractivity contribution >= 4 is 32.8 Å². The Morgan fingerprint density at radius 3 is 2.20 bits per heavy atom. The van der Waals surface area contributed by atoms with Gasteiger partial charge in [0.05, 0.1) is 11.9 Å². The number of alkyl halides is 2. The summed E-state index contributed by atoms with van der Waals surface area (Å²) in [6.45, 7) is 3.53. The average molecular weight is 662 g/mol. The molecule has 0 radical (unpaired) electrons. The zero-order valence-corrected chi connectivity index (χ0v) is 26.6. The molecule has 5 rings (SSSR count). The van der Waals surface area contributed by atoms with Crippen molar-refractivity contribution in [1.82, 2.24) is 24.4 Å². The maximum absolute atomic E-state index is 15.2. The van der Waals surface area contributed by atoms with Crippen LogP contribution in [0.15, 0.2) is 47.4 Å². The Bertz CT molecular complexity index is 1870. The quantitative estimate of drug-likeness (QED) is 0.202. The van der Waals surface area contributed by atoms with E-state index in [1.54, 1.807) is 13.8 Å². The number of rotatable bonds is 10. The van der Waals surface area contributed by atoms with Crippen LogP contribution in [0, 0.1) is 11.6 Å². The summed E-state index contributed by atoms with van der Waals surface area (Å²) in [7, 11) is -0.203. The van der Waals surface area contributed by atoms with E-state index in [0.29, 0.717) is 12.0 Å². The van der Waals surface area contributed by atoms with Gasteiger partial charge in [-0.25, -0.2) is 35.9 Å². The molecule has 46 heavy (non-hydrogen) atoms. The predicted molar refractivity (Wildman–Crippen MR) is 168 cm³/mol. The molecule has 0 atom stereocenters. The second-order valence-electron chi connectivity index (χ2n) is 12.0. The van der Waals surface area contributed by atoms with Crippen LogP contribution in [0.3, 0.4) is 0 Å². The predicted octanol–water partition coefficient (Wildman–Crippen LogP) is 5.88. The first-order valence-corrected chi connectivity index (χ1v) is 16.5. The molecular weight excluding hydrogens is 626 g/mol. The summed E-state index contributed by atoms with van der Waals surface area (Å²) < 4.78 is 84.7. The van der Waals surface area contributed by atoms with Gasteiger partial charge in [0.15, 0.2) is 17.3 Å². The number of benzene rings is 2. The van der Waals surface area contributed by atoms with Crippen molar-refractivity contribution in [2.45, 2.75) is 69.8 Å². The molecule has 0 unspecified atom stereocenters. The highest BCUT2D eigenvalue weighted by Gasteiger charge is 2.25. The highest BCUT2D eigenvalue weighted by molar-refractivity contribution is 7.91. The molecule has 1 aliphatic rings. The van der Waals surface area contributed by atoms with Gasteiger partial charge in [0, 0.05) is 29.3 Å². The molecule has 2 heterocycles. The highest BCUT2D eigenvalue weighted by Crippen LogP contribution is 2.29. The number of nitrogens with one attached hydrogen (secondary N) is 2. The Morgan fingerprint density at radius 1 is 1.00 bits per heavy atom. The minimum absolute atomic E-state index is 0.140. The van der Waals surface area contributed by atoms with E-state index in [-0.39, 0.29) is 39.6 Å². The van der Waals surface area contributed by atoms with Crippen LogP contribution in [0.25, 0.3) is 22.4 Å². The van der Waals surface area contributed by atoms with E-state index in [9.17, 15) is 22.0 Å². The fraction of sp³-hybridized carbons (Fsp3) is 0.419. The summed E-state index contributed by atoms with van der Waals surface area (Å²) in [5, 5.41) is 3.36. The van der Waals surface area contributed by atoms with Gasteiger partial charge in [0.2, 0.25) is 16.0 Å². The number of hydrogen-bond donors (Lipinski definition) is 2. The summed E-state index contributed by atoms with van der Waals surface area (Å²) in [6, 6.07) is 6.48. The first kappa shape index (κ1) is 33.3. The maximum atomic E-state index is 15.2. The van der Waals surface area contributed by atoms with Crippen LogP contribution >= 0.6 is 0 Å². The molecule has 0 bridgehead atoms. The van der Waals surface area contributed by atoms with Crippen LogP contribution in [0.1, 0.15) is 63.1 Å². The number of aromatic nitrogens is 4. The third-order valence-corrected chi connectivity index (χ3v) is 9.30. The zero-order valence-electron chi connectivity index (χ0n) is 25.8. The standard InChI is InChI=1S/C31H35F4N7O3S/c1-17(2)42-29-25(15-36-31(39-29)37-21-9-11-22(12-10-21)41(3)4)38-26(30(42)43)20-13-23(32)27(24(33)14-20)40-46(44,45)16-18-5-7-19(8-6-18)28(34)35/h5-8,13-15,17,21-22,28,40H,9-12,16H2,1-4H3,(H,36,37,39)/t21-,22-. The lowest BCUT2D eigenvalue weighted by atomic mass is 9.91. The summed E-state index contributed by atoms with van der Waals surface area (Å²) in [6.07, 6.45) is 2.67. The lowest BCUT2D eigenvalue weighted by Gasteiger charge is -2.32. The Hall–Kier alpha value is -4.11. The van der Waals surface area contributed by atoms with Crippen molar-refractivity contribution in [3.05, 3.63) is 75.7 Å². The van der Waals surface area contributed by atoms with Gasteiger partial charge < -0.3 is 10.2 Å². The number of hydrogen-bond acceptors (Lipinski definition) is 8. The minimum Gasteiger partial charge on any atom is -0.351 e. The van der Waals surface area contributed by atoms with E-state index in [1.807, 2.05) is 4.72 Å². The van der Waals surface area contributed by atoms with E-state index in [0.717, 1.165) is 49.9 Å². The van der Waals surface area contributed by atoms with Crippen molar-refractivity contribution in [3.63, 3.8) is 0 Å². The Morgan fingerprint density at radius 2 is 1.63 bits per heavy atom. The molecule has 246 valence electrons. The van der Waals surface area contributed by atoms with Crippen LogP contribution in [0.4, 0.5) is 29.2 Å². The summed E-state index contributed by atoms with van der Waals surface area (Å²) >= 11 is 0. The van der Waals surface area contributed by atoms with Crippen LogP contribution in [0.2, 0.25) is 0 Å². The van der Waals surface area contributed by atoms with Crippen LogP contribution in [-0.4, -0.2) is 59.0 Å². The molecule has 4 aromatic rings. The fourth-order valence-corrected chi connectivity index (χ4v) is 6.84. The van der Waals surface area contributed by atoms with Gasteiger partial charge in [-0.05, 0) is 71.3 Å². The van der Waals surface area contributed by atoms with E-state index in [4.69, 9.17) is 0 Å². The number of halogens is 4. The van der Waals surface area contributed by atoms with Gasteiger partial charge in [-0.15, -0.1) is 0 Å². The second-order valence-corrected chi connectivity index (χ2v) is 13.7. The molecule has 2 aromatic carbocycles. The normalized spacial score (nSPS) is 17.3. The molecule has 0 saturated heterocycles. The number of anilines is 2. The Balaban J connectivity index is 1.41. The summed E-state index contributed by atoms with van der Waals surface area (Å²) in [5.74, 6) is -2.91. The first-order valence-electron chi connectivity index (χ1n) is 14.8. The highest BCUT2D eigenvalue weighted by atomic mass is 32.2. The lowest BCUT2D eigenvalue weighted by Crippen LogP contribution is -2.36. The Kier molecular flexibility index (Phi) is 9.63. The van der Waals surface area contributed by atoms with Gasteiger partial charge in [0.25, 0.3) is 12.0 Å². The van der Waals surface area contributed by atoms with Crippen molar-refractivity contribution in [3.8, 4) is 11.3 Å². The molecular formula is C31H35F4N7O3S. The van der Waals surface area contributed by atoms with E-state index < -0.39 is 51.1 Å². The van der Waals surface area contributed by atoms with E-state index in [2.05, 4.69) is 39.3 Å². The van der Waals surface area contributed by atoms with Gasteiger partial charge in [-0.3, -0.25) is 14.1 Å². The largest absolute Gasteiger partial charge is 0.351 e. The van der Waals surface area contributed by atoms with E-state index >= 15 is 8.78 Å². The number of sulfonamides is 1. The summed E-state index contributed by atoms with van der Waals surface area (Å²) in [5.41, 5.74) is -1.72. The lowest BCUT2D eigenvalue weighted by molar-refractivity contribution is 0.151. The SMILES string of the molecule is CC(C)n1c(=O)c(-c2cc(F)c(NS(=O)(=O)Cc3ccc(C(F)F)cc3)c(F)c2)nc2cnc(N[C@H]3CC[C@H](N(C)C)CC3)nc21. The topological polar surface area (TPSA) is 122 Å². The van der Waals surface area contributed by atoms with Crippen molar-refractivity contribution < 1.29 is 26.0 Å². The molecule has 2 aromatic heterocycles. The van der Waals surface area contributed by atoms with Gasteiger partial charge in [-0.1, -0.05) is 24.3 Å². The first-order chi connectivity index (χ1) is 21.7. The summed E-state index contributed by atoms with van der Waals surface area (Å²) in [4.78, 5) is 29.2. The molecule has 0 spiro atoms. The van der Waals surface area contributed by atoms with Crippen molar-refractivity contribution in [2.24, 2.45) is 0 Å². The third kappa shape index (κ3) is 7.30. The number of nitrogens with zero attached hydrogens (tertiary/aromatic N) is 5. The molecule has 1 aliphatic carbocycles. The molecule has 0 aliphatic heterocycles. The van der Waals surface area contributed by atoms with Gasteiger partial charge in [0.1, 0.15) is 16.9 Å². The molecule has 1 saturated carbocycles. The van der Waals surface area contributed by atoms with Crippen LogP contribution in [-0.2, 0) is 15.8 Å². The van der Waals surface area contributed by atoms with Gasteiger partial charge in [-0.2, -0.15) is 4.98 Å². The third-order valence-electron chi connectivity index (χ3n) is 8.07. The van der Waals surface area contributed by atoms with E-state index in [1.165, 1.54) is 22.9 Å². The zero-order chi connectivity index (χ0) is 33.3. The molecule has 0 amide bonds. The molecule has 2 N–H and O–H groups in total. The van der Waals surface area contributed by atoms with Crippen molar-refractivity contribution in [1.29, 1.82) is 0 Å². The fourth-order valence-electron chi connectivity index (χ4n) is 5.63. The average Bonchev–Trinajstić information content (AvgIpc) is 2.98. The number of fused-ring (bicyclic) bond motifs is 1. The Labute approximate surface area is 263 Å². The molecule has 1 fully saturated rings. The minimum atomic E-state index is -4.34. The molecule has 10 nitrogen and oxygen atoms in total.